The third kappa shape index (κ3) is 1.70. The molecule has 0 aromatic heterocycles. The van der Waals surface area contributed by atoms with Crippen molar-refractivity contribution in [3.63, 3.8) is 0 Å². The van der Waals surface area contributed by atoms with Gasteiger partial charge in [0.05, 0.1) is 0 Å². The van der Waals surface area contributed by atoms with E-state index in [4.69, 9.17) is 4.74 Å². The monoisotopic (exact) mass is 260 g/mol. The molecule has 0 saturated heterocycles. The van der Waals surface area contributed by atoms with Crippen molar-refractivity contribution in [2.24, 2.45) is 0 Å². The van der Waals surface area contributed by atoms with Gasteiger partial charge in [0.25, 0.3) is 0 Å². The van der Waals surface area contributed by atoms with Crippen LogP contribution in [0.2, 0.25) is 0 Å². The summed E-state index contributed by atoms with van der Waals surface area (Å²) in [5.41, 5.74) is 4.99. The second-order valence-electron chi connectivity index (χ2n) is 5.47. The van der Waals surface area contributed by atoms with Gasteiger partial charge in [-0.05, 0) is 18.6 Å². The molecule has 1 aliphatic carbocycles. The minimum Gasteiger partial charge on any atom is -0.484 e. The van der Waals surface area contributed by atoms with Crippen LogP contribution >= 0.6 is 0 Å². The first-order valence-electron chi connectivity index (χ1n) is 7.04. The molecule has 0 radical (unpaired) electrons. The van der Waals surface area contributed by atoms with E-state index in [0.29, 0.717) is 5.92 Å². The highest BCUT2D eigenvalue weighted by Crippen LogP contribution is 2.46. The quantitative estimate of drug-likeness (QED) is 0.726. The summed E-state index contributed by atoms with van der Waals surface area (Å²) < 4.78 is 6.19. The first-order valence-corrected chi connectivity index (χ1v) is 7.04. The average molecular weight is 260 g/mol. The number of ether oxygens (including phenoxy) is 1. The lowest BCUT2D eigenvalue weighted by atomic mass is 9.90. The van der Waals surface area contributed by atoms with Crippen LogP contribution in [0.1, 0.15) is 17.0 Å². The Hall–Kier alpha value is -2.28. The van der Waals surface area contributed by atoms with Crippen LogP contribution in [0.4, 0.5) is 0 Å². The van der Waals surface area contributed by atoms with Crippen LogP contribution in [0.15, 0.2) is 66.8 Å². The molecule has 0 spiro atoms. The Morgan fingerprint density at radius 1 is 0.900 bits per heavy atom. The molecule has 2 atom stereocenters. The SMILES string of the molecule is Cc1ccc(-c2cccc3c2OC2C=CC=CC32)cc1. The summed E-state index contributed by atoms with van der Waals surface area (Å²) in [4.78, 5) is 0. The van der Waals surface area contributed by atoms with Crippen molar-refractivity contribution >= 4 is 0 Å². The van der Waals surface area contributed by atoms with Crippen LogP contribution in [0.5, 0.6) is 5.75 Å². The highest BCUT2D eigenvalue weighted by Gasteiger charge is 2.33. The Bertz CT molecular complexity index is 707. The normalized spacial score (nSPS) is 22.2. The van der Waals surface area contributed by atoms with Gasteiger partial charge >= 0.3 is 0 Å². The summed E-state index contributed by atoms with van der Waals surface area (Å²) in [6.07, 6.45) is 8.71. The van der Waals surface area contributed by atoms with Crippen molar-refractivity contribution in [3.8, 4) is 16.9 Å². The summed E-state index contributed by atoms with van der Waals surface area (Å²) in [6, 6.07) is 15.1. The fourth-order valence-corrected chi connectivity index (χ4v) is 3.03. The lowest BCUT2D eigenvalue weighted by Crippen LogP contribution is -2.15. The maximum Gasteiger partial charge on any atom is 0.132 e. The minimum atomic E-state index is 0.154. The highest BCUT2D eigenvalue weighted by molar-refractivity contribution is 5.74. The van der Waals surface area contributed by atoms with Gasteiger partial charge in [0.2, 0.25) is 0 Å². The molecular weight excluding hydrogens is 244 g/mol. The molecule has 2 unspecified atom stereocenters. The highest BCUT2D eigenvalue weighted by atomic mass is 16.5. The molecule has 0 bridgehead atoms. The molecule has 1 nitrogen and oxygen atoms in total. The summed E-state index contributed by atoms with van der Waals surface area (Å²) in [5.74, 6) is 1.41. The predicted molar refractivity (Wildman–Crippen MR) is 82.1 cm³/mol. The van der Waals surface area contributed by atoms with Gasteiger partial charge in [-0.2, -0.15) is 0 Å². The smallest absolute Gasteiger partial charge is 0.132 e. The molecule has 0 amide bonds. The molecule has 1 heteroatoms. The van der Waals surface area contributed by atoms with Crippen molar-refractivity contribution in [2.75, 3.05) is 0 Å². The number of hydrogen-bond donors (Lipinski definition) is 0. The van der Waals surface area contributed by atoms with Crippen LogP contribution < -0.4 is 4.74 Å². The third-order valence-electron chi connectivity index (χ3n) is 4.11. The van der Waals surface area contributed by atoms with Crippen molar-refractivity contribution < 1.29 is 4.74 Å². The van der Waals surface area contributed by atoms with Crippen molar-refractivity contribution in [2.45, 2.75) is 18.9 Å². The van der Waals surface area contributed by atoms with Crippen molar-refractivity contribution in [1.29, 1.82) is 0 Å². The first kappa shape index (κ1) is 11.5. The van der Waals surface area contributed by atoms with Gasteiger partial charge in [-0.1, -0.05) is 66.3 Å². The van der Waals surface area contributed by atoms with Crippen molar-refractivity contribution in [1.82, 2.24) is 0 Å². The first-order chi connectivity index (χ1) is 9.83. The summed E-state index contributed by atoms with van der Waals surface area (Å²) in [7, 11) is 0. The molecule has 1 heterocycles. The largest absolute Gasteiger partial charge is 0.484 e. The van der Waals surface area contributed by atoms with E-state index < -0.39 is 0 Å². The molecule has 0 saturated carbocycles. The van der Waals surface area contributed by atoms with E-state index in [9.17, 15) is 0 Å². The van der Waals surface area contributed by atoms with E-state index in [2.05, 4.69) is 73.7 Å². The van der Waals surface area contributed by atoms with E-state index >= 15 is 0 Å². The van der Waals surface area contributed by atoms with Crippen molar-refractivity contribution in [3.05, 3.63) is 77.9 Å². The minimum absolute atomic E-state index is 0.154. The zero-order valence-electron chi connectivity index (χ0n) is 11.4. The van der Waals surface area contributed by atoms with Gasteiger partial charge in [0, 0.05) is 17.0 Å². The Kier molecular flexibility index (Phi) is 2.53. The zero-order chi connectivity index (χ0) is 13.5. The number of rotatable bonds is 1. The van der Waals surface area contributed by atoms with Crippen LogP contribution in [0, 0.1) is 6.92 Å². The molecule has 4 rings (SSSR count). The number of fused-ring (bicyclic) bond motifs is 3. The van der Waals surface area contributed by atoms with E-state index in [1.807, 2.05) is 0 Å². The van der Waals surface area contributed by atoms with Gasteiger partial charge in [-0.25, -0.2) is 0 Å². The van der Waals surface area contributed by atoms with Gasteiger partial charge < -0.3 is 4.74 Å². The molecule has 2 aliphatic rings. The molecule has 1 aliphatic heterocycles. The lowest BCUT2D eigenvalue weighted by Gasteiger charge is -2.14. The number of benzene rings is 2. The third-order valence-corrected chi connectivity index (χ3v) is 4.11. The molecule has 0 N–H and O–H groups in total. The fourth-order valence-electron chi connectivity index (χ4n) is 3.03. The second kappa shape index (κ2) is 4.38. The number of aryl methyl sites for hydroxylation is 1. The zero-order valence-corrected chi connectivity index (χ0v) is 11.4. The van der Waals surface area contributed by atoms with Crippen LogP contribution in [-0.4, -0.2) is 6.10 Å². The van der Waals surface area contributed by atoms with Gasteiger partial charge in [-0.15, -0.1) is 0 Å². The van der Waals surface area contributed by atoms with E-state index in [1.54, 1.807) is 0 Å². The topological polar surface area (TPSA) is 9.23 Å². The fraction of sp³-hybridized carbons (Fsp3) is 0.158. The van der Waals surface area contributed by atoms with Crippen LogP contribution in [0.3, 0.4) is 0 Å². The molecule has 0 fully saturated rings. The van der Waals surface area contributed by atoms with Gasteiger partial charge in [0.1, 0.15) is 11.9 Å². The Morgan fingerprint density at radius 3 is 2.55 bits per heavy atom. The predicted octanol–water partition coefficient (Wildman–Crippen LogP) is 4.63. The number of allylic oxidation sites excluding steroid dienone is 2. The second-order valence-corrected chi connectivity index (χ2v) is 5.47. The molecule has 98 valence electrons. The van der Waals surface area contributed by atoms with E-state index in [-0.39, 0.29) is 6.10 Å². The summed E-state index contributed by atoms with van der Waals surface area (Å²) in [5, 5.41) is 0. The van der Waals surface area contributed by atoms with E-state index in [0.717, 1.165) is 5.75 Å². The summed E-state index contributed by atoms with van der Waals surface area (Å²) >= 11 is 0. The molecular formula is C19H16O. The van der Waals surface area contributed by atoms with Gasteiger partial charge in [-0.3, -0.25) is 0 Å². The average Bonchev–Trinajstić information content (AvgIpc) is 2.87. The standard InChI is InChI=1S/C19H16O/c1-13-9-11-14(12-10-13)15-6-4-7-17-16-5-2-3-8-18(16)20-19(15)17/h2-12,16,18H,1H3. The summed E-state index contributed by atoms with van der Waals surface area (Å²) in [6.45, 7) is 2.11. The Morgan fingerprint density at radius 2 is 1.70 bits per heavy atom. The number of para-hydroxylation sites is 1. The maximum atomic E-state index is 6.19. The molecule has 20 heavy (non-hydrogen) atoms. The Balaban J connectivity index is 1.85. The van der Waals surface area contributed by atoms with E-state index in [1.165, 1.54) is 22.3 Å². The molecule has 2 aromatic rings. The van der Waals surface area contributed by atoms with Gasteiger partial charge in [0.15, 0.2) is 0 Å². The lowest BCUT2D eigenvalue weighted by molar-refractivity contribution is 0.270. The van der Waals surface area contributed by atoms with Crippen LogP contribution in [0.25, 0.3) is 11.1 Å². The number of hydrogen-bond acceptors (Lipinski definition) is 1. The Labute approximate surface area is 119 Å². The molecule has 2 aromatic carbocycles. The maximum absolute atomic E-state index is 6.19. The van der Waals surface area contributed by atoms with Crippen LogP contribution in [-0.2, 0) is 0 Å².